The van der Waals surface area contributed by atoms with Crippen LogP contribution in [0.1, 0.15) is 74.8 Å². The summed E-state index contributed by atoms with van der Waals surface area (Å²) in [4.78, 5) is 4.78. The first-order chi connectivity index (χ1) is 16.7. The number of phenols is 1. The number of aryl methyl sites for hydroxylation is 1. The van der Waals surface area contributed by atoms with Crippen molar-refractivity contribution in [2.24, 2.45) is 10.9 Å². The van der Waals surface area contributed by atoms with E-state index in [9.17, 15) is 5.11 Å². The molecule has 5 heteroatoms. The predicted octanol–water partition coefficient (Wildman–Crippen LogP) is 9.07. The molecular formula is C30H37Cl2NOZr. The fourth-order valence-corrected chi connectivity index (χ4v) is 4.41. The number of nitrogens with zero attached hydrogens (tertiary/aromatic N) is 1. The van der Waals surface area contributed by atoms with Gasteiger partial charge in [0.05, 0.1) is 0 Å². The minimum absolute atomic E-state index is 0.242. The van der Waals surface area contributed by atoms with Crippen LogP contribution in [-0.4, -0.2) is 17.4 Å². The summed E-state index contributed by atoms with van der Waals surface area (Å²) in [5.74, 6) is 1.03. The van der Waals surface area contributed by atoms with Crippen molar-refractivity contribution in [3.05, 3.63) is 101 Å². The first kappa shape index (κ1) is 29.8. The van der Waals surface area contributed by atoms with Gasteiger partial charge in [-0.25, -0.2) is 0 Å². The molecule has 0 aromatic heterocycles. The quantitative estimate of drug-likeness (QED) is 0.196. The van der Waals surface area contributed by atoms with Crippen molar-refractivity contribution in [2.75, 3.05) is 0 Å². The zero-order valence-corrected chi connectivity index (χ0v) is 25.4. The standard InChI is InChI=1S/C30H37NO.2ClH.Zr/c1-22(2)13-12-14-24(4)31-21-25-19-23(3)20-28(29(25)32)30(5,26-15-8-6-9-16-26)27-17-10-7-11-18-27;;;/h6-11,15-22,24,32H,12-14H2,1-5H3;2*1H;/q;;;+2/p-2. The van der Waals surface area contributed by atoms with E-state index in [1.54, 1.807) is 0 Å². The monoisotopic (exact) mass is 587 g/mol. The molecule has 1 atom stereocenters. The molecule has 1 unspecified atom stereocenters. The molecule has 35 heavy (non-hydrogen) atoms. The molecule has 3 aromatic carbocycles. The molecule has 0 aliphatic rings. The topological polar surface area (TPSA) is 32.6 Å². The molecule has 1 N–H and O–H groups in total. The van der Waals surface area contributed by atoms with E-state index in [4.69, 9.17) is 22.0 Å². The number of rotatable bonds is 9. The molecule has 2 nitrogen and oxygen atoms in total. The van der Waals surface area contributed by atoms with Gasteiger partial charge >= 0.3 is 37.9 Å². The minimum atomic E-state index is -0.826. The summed E-state index contributed by atoms with van der Waals surface area (Å²) in [6.45, 7) is 11.0. The van der Waals surface area contributed by atoms with E-state index in [2.05, 4.69) is 89.2 Å². The first-order valence-electron chi connectivity index (χ1n) is 12.2. The van der Waals surface area contributed by atoms with Gasteiger partial charge in [0.25, 0.3) is 0 Å². The van der Waals surface area contributed by atoms with Crippen molar-refractivity contribution < 1.29 is 26.0 Å². The maximum atomic E-state index is 11.4. The predicted molar refractivity (Wildman–Crippen MR) is 149 cm³/mol. The number of benzene rings is 3. The van der Waals surface area contributed by atoms with Crippen LogP contribution in [0.4, 0.5) is 0 Å². The van der Waals surface area contributed by atoms with Gasteiger partial charge in [-0.05, 0) is 55.9 Å². The second-order valence-corrected chi connectivity index (χ2v) is 13.4. The van der Waals surface area contributed by atoms with E-state index in [1.165, 1.54) is 12.8 Å². The summed E-state index contributed by atoms with van der Waals surface area (Å²) >= 11 is -0.826. The van der Waals surface area contributed by atoms with Crippen molar-refractivity contribution in [3.8, 4) is 5.75 Å². The SMILES string of the molecule is Cc1cc(C=NC(C)CCCC(C)C)c(O)c(C(C)(c2ccccc2)c2ccccc2)c1.[Cl][Zr][Cl]. The van der Waals surface area contributed by atoms with Crippen LogP contribution < -0.4 is 0 Å². The van der Waals surface area contributed by atoms with Crippen LogP contribution in [0.25, 0.3) is 0 Å². The number of aromatic hydroxyl groups is 1. The van der Waals surface area contributed by atoms with Crippen LogP contribution in [0.5, 0.6) is 5.75 Å². The molecule has 0 amide bonds. The average molecular weight is 590 g/mol. The number of hydrogen-bond donors (Lipinski definition) is 1. The second-order valence-electron chi connectivity index (χ2n) is 9.63. The zero-order valence-electron chi connectivity index (χ0n) is 21.4. The molecule has 186 valence electrons. The number of phenolic OH excluding ortho intramolecular Hbond substituents is 1. The van der Waals surface area contributed by atoms with Gasteiger partial charge in [0.15, 0.2) is 0 Å². The van der Waals surface area contributed by atoms with Gasteiger partial charge in [0, 0.05) is 28.8 Å². The molecule has 0 heterocycles. The van der Waals surface area contributed by atoms with Crippen LogP contribution in [0.15, 0.2) is 77.8 Å². The number of aliphatic imine (C=N–C) groups is 1. The molecule has 3 aromatic rings. The van der Waals surface area contributed by atoms with E-state index in [-0.39, 0.29) is 6.04 Å². The summed E-state index contributed by atoms with van der Waals surface area (Å²) in [6.07, 6.45) is 5.34. The van der Waals surface area contributed by atoms with Crippen LogP contribution >= 0.6 is 17.0 Å². The zero-order chi connectivity index (χ0) is 25.8. The van der Waals surface area contributed by atoms with Crippen LogP contribution in [0.2, 0.25) is 0 Å². The Bertz CT molecular complexity index is 1020. The molecule has 0 bridgehead atoms. The van der Waals surface area contributed by atoms with Crippen molar-refractivity contribution in [3.63, 3.8) is 0 Å². The molecule has 0 saturated heterocycles. The number of halogens is 2. The Labute approximate surface area is 230 Å². The van der Waals surface area contributed by atoms with Crippen molar-refractivity contribution >= 4 is 23.2 Å². The second kappa shape index (κ2) is 15.0. The molecule has 0 aliphatic heterocycles. The van der Waals surface area contributed by atoms with Gasteiger partial charge in [0.1, 0.15) is 5.75 Å². The third-order valence-corrected chi connectivity index (χ3v) is 6.40. The van der Waals surface area contributed by atoms with Crippen LogP contribution in [-0.2, 0) is 26.3 Å². The normalized spacial score (nSPS) is 12.3. The third-order valence-electron chi connectivity index (χ3n) is 6.40. The Morgan fingerprint density at radius 3 is 1.91 bits per heavy atom. The summed E-state index contributed by atoms with van der Waals surface area (Å²) in [6, 6.07) is 25.2. The molecule has 0 radical (unpaired) electrons. The fourth-order valence-electron chi connectivity index (χ4n) is 4.41. The summed E-state index contributed by atoms with van der Waals surface area (Å²) < 4.78 is 0. The van der Waals surface area contributed by atoms with Gasteiger partial charge < -0.3 is 5.11 Å². The van der Waals surface area contributed by atoms with Crippen LogP contribution in [0.3, 0.4) is 0 Å². The Morgan fingerprint density at radius 1 is 0.914 bits per heavy atom. The maximum absolute atomic E-state index is 11.4. The van der Waals surface area contributed by atoms with Gasteiger partial charge in [-0.2, -0.15) is 0 Å². The van der Waals surface area contributed by atoms with Crippen LogP contribution in [0, 0.1) is 12.8 Å². The van der Waals surface area contributed by atoms with E-state index in [0.29, 0.717) is 5.75 Å². The van der Waals surface area contributed by atoms with Crippen molar-refractivity contribution in [2.45, 2.75) is 65.3 Å². The Morgan fingerprint density at radius 2 is 1.43 bits per heavy atom. The van der Waals surface area contributed by atoms with Gasteiger partial charge in [0.2, 0.25) is 0 Å². The molecule has 0 fully saturated rings. The average Bonchev–Trinajstić information content (AvgIpc) is 2.85. The Balaban J connectivity index is 0.00000137. The van der Waals surface area contributed by atoms with E-state index >= 15 is 0 Å². The first-order valence-corrected chi connectivity index (χ1v) is 18.5. The van der Waals surface area contributed by atoms with Gasteiger partial charge in [-0.1, -0.05) is 93.4 Å². The molecular weight excluding hydrogens is 552 g/mol. The van der Waals surface area contributed by atoms with Crippen molar-refractivity contribution in [1.82, 2.24) is 0 Å². The van der Waals surface area contributed by atoms with E-state index in [1.807, 2.05) is 24.4 Å². The van der Waals surface area contributed by atoms with Gasteiger partial charge in [-0.3, -0.25) is 4.99 Å². The summed E-state index contributed by atoms with van der Waals surface area (Å²) in [5, 5.41) is 11.4. The Kier molecular flexibility index (Phi) is 12.8. The van der Waals surface area contributed by atoms with E-state index in [0.717, 1.165) is 40.2 Å². The number of hydrogen-bond acceptors (Lipinski definition) is 2. The molecule has 0 saturated carbocycles. The fraction of sp³-hybridized carbons (Fsp3) is 0.367. The molecule has 3 rings (SSSR count). The molecule has 0 spiro atoms. The summed E-state index contributed by atoms with van der Waals surface area (Å²) in [7, 11) is 9.87. The third kappa shape index (κ3) is 8.59. The summed E-state index contributed by atoms with van der Waals surface area (Å²) in [5.41, 5.74) is 4.63. The Hall–Kier alpha value is -1.41. The van der Waals surface area contributed by atoms with E-state index < -0.39 is 26.3 Å². The van der Waals surface area contributed by atoms with Gasteiger partial charge in [-0.15, -0.1) is 0 Å². The van der Waals surface area contributed by atoms with Crippen molar-refractivity contribution in [1.29, 1.82) is 0 Å². The molecule has 0 aliphatic carbocycles.